The van der Waals surface area contributed by atoms with Crippen LogP contribution in [-0.4, -0.2) is 39.4 Å². The first kappa shape index (κ1) is 16.3. The summed E-state index contributed by atoms with van der Waals surface area (Å²) in [5.41, 5.74) is 3.17. The fourth-order valence-corrected chi connectivity index (χ4v) is 3.75. The largest absolute Gasteiger partial charge is 0.387 e. The number of hydrogen-bond acceptors (Lipinski definition) is 4. The maximum Gasteiger partial charge on any atom is 0.211 e. The van der Waals surface area contributed by atoms with Crippen LogP contribution in [0.1, 0.15) is 37.0 Å². The van der Waals surface area contributed by atoms with Crippen LogP contribution in [0.15, 0.2) is 18.2 Å². The summed E-state index contributed by atoms with van der Waals surface area (Å²) >= 11 is 0. The maximum atomic E-state index is 11.7. The highest BCUT2D eigenvalue weighted by atomic mass is 32.2. The Morgan fingerprint density at radius 3 is 2.90 bits per heavy atom. The van der Waals surface area contributed by atoms with Crippen LogP contribution in [0.4, 0.5) is 5.69 Å². The number of unbranched alkanes of at least 4 members (excludes halogenated alkanes) is 1. The van der Waals surface area contributed by atoms with Gasteiger partial charge in [-0.05, 0) is 30.0 Å². The molecule has 0 aromatic heterocycles. The standard InChI is InChI=1S/C15H24N2O3S/c1-3-4-9-21(19,20)16-11-15(18)13-5-6-14-12(10-13)7-8-17(14)2/h5-6,10,15-16,18H,3-4,7-9,11H2,1-2H3. The molecule has 1 aromatic rings. The molecular formula is C15H24N2O3S. The molecule has 0 bridgehead atoms. The highest BCUT2D eigenvalue weighted by Crippen LogP contribution is 2.29. The molecule has 0 fully saturated rings. The van der Waals surface area contributed by atoms with Crippen molar-refractivity contribution in [3.8, 4) is 0 Å². The highest BCUT2D eigenvalue weighted by Gasteiger charge is 2.19. The summed E-state index contributed by atoms with van der Waals surface area (Å²) in [6.07, 6.45) is 1.63. The van der Waals surface area contributed by atoms with E-state index in [4.69, 9.17) is 0 Å². The van der Waals surface area contributed by atoms with E-state index < -0.39 is 16.1 Å². The molecule has 21 heavy (non-hydrogen) atoms. The quantitative estimate of drug-likeness (QED) is 0.799. The van der Waals surface area contributed by atoms with Crippen molar-refractivity contribution in [2.45, 2.75) is 32.3 Å². The number of sulfonamides is 1. The molecule has 0 radical (unpaired) electrons. The number of anilines is 1. The van der Waals surface area contributed by atoms with Gasteiger partial charge in [0.15, 0.2) is 0 Å². The van der Waals surface area contributed by atoms with Crippen molar-refractivity contribution in [1.82, 2.24) is 4.72 Å². The first-order valence-corrected chi connectivity index (χ1v) is 9.07. The third kappa shape index (κ3) is 4.18. The van der Waals surface area contributed by atoms with Gasteiger partial charge in [-0.2, -0.15) is 0 Å². The zero-order valence-corrected chi connectivity index (χ0v) is 13.5. The van der Waals surface area contributed by atoms with E-state index in [1.165, 1.54) is 11.3 Å². The van der Waals surface area contributed by atoms with Gasteiger partial charge in [-0.1, -0.05) is 25.5 Å². The fraction of sp³-hybridized carbons (Fsp3) is 0.600. The molecule has 1 unspecified atom stereocenters. The number of nitrogens with zero attached hydrogens (tertiary/aromatic N) is 1. The summed E-state index contributed by atoms with van der Waals surface area (Å²) in [5.74, 6) is 0.116. The van der Waals surface area contributed by atoms with E-state index >= 15 is 0 Å². The Morgan fingerprint density at radius 2 is 2.19 bits per heavy atom. The van der Waals surface area contributed by atoms with Crippen LogP contribution >= 0.6 is 0 Å². The molecule has 1 atom stereocenters. The molecular weight excluding hydrogens is 288 g/mol. The number of hydrogen-bond donors (Lipinski definition) is 2. The van der Waals surface area contributed by atoms with Crippen molar-refractivity contribution in [3.05, 3.63) is 29.3 Å². The molecule has 1 aromatic carbocycles. The first-order chi connectivity index (χ1) is 9.93. The highest BCUT2D eigenvalue weighted by molar-refractivity contribution is 7.89. The van der Waals surface area contributed by atoms with Crippen molar-refractivity contribution >= 4 is 15.7 Å². The van der Waals surface area contributed by atoms with Gasteiger partial charge in [0.1, 0.15) is 0 Å². The van der Waals surface area contributed by atoms with Gasteiger partial charge >= 0.3 is 0 Å². The lowest BCUT2D eigenvalue weighted by atomic mass is 10.0. The van der Waals surface area contributed by atoms with E-state index in [0.717, 1.165) is 24.9 Å². The number of aliphatic hydroxyl groups excluding tert-OH is 1. The van der Waals surface area contributed by atoms with Gasteiger partial charge in [0, 0.05) is 25.8 Å². The molecule has 0 spiro atoms. The van der Waals surface area contributed by atoms with E-state index in [1.54, 1.807) is 0 Å². The minimum absolute atomic E-state index is 0.0284. The Bertz CT molecular complexity index is 587. The van der Waals surface area contributed by atoms with Crippen LogP contribution < -0.4 is 9.62 Å². The predicted octanol–water partition coefficient (Wildman–Crippen LogP) is 1.43. The third-order valence-corrected chi connectivity index (χ3v) is 5.31. The normalized spacial score (nSPS) is 16.0. The molecule has 0 aliphatic carbocycles. The topological polar surface area (TPSA) is 69.6 Å². The first-order valence-electron chi connectivity index (χ1n) is 7.42. The van der Waals surface area contributed by atoms with E-state index in [2.05, 4.69) is 9.62 Å². The van der Waals surface area contributed by atoms with Crippen LogP contribution in [0.5, 0.6) is 0 Å². The second-order valence-electron chi connectivity index (χ2n) is 5.60. The van der Waals surface area contributed by atoms with Gasteiger partial charge in [0.2, 0.25) is 10.0 Å². The minimum atomic E-state index is -3.29. The van der Waals surface area contributed by atoms with Gasteiger partial charge in [-0.15, -0.1) is 0 Å². The summed E-state index contributed by atoms with van der Waals surface area (Å²) < 4.78 is 25.9. The molecule has 0 saturated heterocycles. The van der Waals surface area contributed by atoms with Crippen molar-refractivity contribution in [1.29, 1.82) is 0 Å². The predicted molar refractivity (Wildman–Crippen MR) is 85.1 cm³/mol. The zero-order chi connectivity index (χ0) is 15.5. The van der Waals surface area contributed by atoms with Crippen molar-refractivity contribution in [2.24, 2.45) is 0 Å². The SMILES string of the molecule is CCCCS(=O)(=O)NCC(O)c1ccc2c(c1)CCN2C. The Balaban J connectivity index is 1.97. The van der Waals surface area contributed by atoms with Gasteiger partial charge in [0.05, 0.1) is 11.9 Å². The number of aliphatic hydroxyl groups is 1. The van der Waals surface area contributed by atoms with Gasteiger partial charge < -0.3 is 10.0 Å². The zero-order valence-electron chi connectivity index (χ0n) is 12.7. The summed E-state index contributed by atoms with van der Waals surface area (Å²) in [6.45, 7) is 2.96. The molecule has 0 amide bonds. The lowest BCUT2D eigenvalue weighted by Crippen LogP contribution is -2.30. The van der Waals surface area contributed by atoms with E-state index in [9.17, 15) is 13.5 Å². The van der Waals surface area contributed by atoms with E-state index in [0.29, 0.717) is 6.42 Å². The monoisotopic (exact) mass is 312 g/mol. The molecule has 2 N–H and O–H groups in total. The molecule has 2 rings (SSSR count). The Kier molecular flexibility index (Phi) is 5.24. The minimum Gasteiger partial charge on any atom is -0.387 e. The summed E-state index contributed by atoms with van der Waals surface area (Å²) in [6, 6.07) is 5.84. The Labute approximate surface area is 127 Å². The molecule has 1 aliphatic rings. The van der Waals surface area contributed by atoms with Crippen LogP contribution in [0.3, 0.4) is 0 Å². The fourth-order valence-electron chi connectivity index (χ4n) is 2.52. The Hall–Kier alpha value is -1.11. The second kappa shape index (κ2) is 6.77. The maximum absolute atomic E-state index is 11.7. The molecule has 118 valence electrons. The van der Waals surface area contributed by atoms with Crippen molar-refractivity contribution in [3.63, 3.8) is 0 Å². The third-order valence-electron chi connectivity index (χ3n) is 3.88. The average Bonchev–Trinajstić information content (AvgIpc) is 2.84. The van der Waals surface area contributed by atoms with Crippen LogP contribution in [0.25, 0.3) is 0 Å². The second-order valence-corrected chi connectivity index (χ2v) is 7.52. The van der Waals surface area contributed by atoms with Gasteiger partial charge in [-0.25, -0.2) is 13.1 Å². The lowest BCUT2D eigenvalue weighted by molar-refractivity contribution is 0.182. The van der Waals surface area contributed by atoms with Crippen LogP contribution in [0.2, 0.25) is 0 Å². The van der Waals surface area contributed by atoms with Gasteiger partial charge in [0.25, 0.3) is 0 Å². The number of rotatable bonds is 7. The van der Waals surface area contributed by atoms with Gasteiger partial charge in [-0.3, -0.25) is 0 Å². The average molecular weight is 312 g/mol. The van der Waals surface area contributed by atoms with Crippen LogP contribution in [0, 0.1) is 0 Å². The van der Waals surface area contributed by atoms with E-state index in [1.807, 2.05) is 32.2 Å². The van der Waals surface area contributed by atoms with Crippen molar-refractivity contribution in [2.75, 3.05) is 30.8 Å². The summed E-state index contributed by atoms with van der Waals surface area (Å²) in [7, 11) is -1.24. The summed E-state index contributed by atoms with van der Waals surface area (Å²) in [4.78, 5) is 2.18. The van der Waals surface area contributed by atoms with E-state index in [-0.39, 0.29) is 12.3 Å². The number of nitrogens with one attached hydrogen (secondary N) is 1. The van der Waals surface area contributed by atoms with Crippen LogP contribution in [-0.2, 0) is 16.4 Å². The Morgan fingerprint density at radius 1 is 1.43 bits per heavy atom. The molecule has 1 aliphatic heterocycles. The number of fused-ring (bicyclic) bond motifs is 1. The van der Waals surface area contributed by atoms with Crippen molar-refractivity contribution < 1.29 is 13.5 Å². The number of likely N-dealkylation sites (N-methyl/N-ethyl adjacent to an activating group) is 1. The number of benzene rings is 1. The summed E-state index contributed by atoms with van der Waals surface area (Å²) in [5, 5.41) is 10.2. The molecule has 6 heteroatoms. The molecule has 0 saturated carbocycles. The smallest absolute Gasteiger partial charge is 0.211 e. The molecule has 1 heterocycles. The lowest BCUT2D eigenvalue weighted by Gasteiger charge is -2.15. The molecule has 5 nitrogen and oxygen atoms in total.